The van der Waals surface area contributed by atoms with Gasteiger partial charge in [-0.05, 0) is 45.7 Å². The van der Waals surface area contributed by atoms with Crippen LogP contribution in [0.3, 0.4) is 0 Å². The molecule has 5 N–H and O–H groups in total. The molecule has 0 amide bonds. The van der Waals surface area contributed by atoms with Crippen LogP contribution < -0.4 is 20.7 Å². The number of nitrogens with one attached hydrogen (secondary N) is 2. The van der Waals surface area contributed by atoms with E-state index in [1.807, 2.05) is 0 Å². The molecule has 3 aromatic rings. The summed E-state index contributed by atoms with van der Waals surface area (Å²) in [4.78, 5) is 24.5. The van der Waals surface area contributed by atoms with Gasteiger partial charge < -0.3 is 30.2 Å². The molecule has 2 aromatic heterocycles. The van der Waals surface area contributed by atoms with Gasteiger partial charge in [0.05, 0.1) is 19.0 Å². The molecule has 1 saturated carbocycles. The number of hydrogen-bond donors (Lipinski definition) is 4. The maximum atomic E-state index is 16.2. The number of halogens is 4. The number of ether oxygens (including phenoxy) is 2. The number of nitrogens with two attached hydrogens (primary N) is 1. The van der Waals surface area contributed by atoms with Gasteiger partial charge in [-0.15, -0.1) is 0 Å². The lowest BCUT2D eigenvalue weighted by molar-refractivity contribution is -0.273. The summed E-state index contributed by atoms with van der Waals surface area (Å²) in [7, 11) is -4.61. The summed E-state index contributed by atoms with van der Waals surface area (Å²) in [6.45, 7) is 3.41. The largest absolute Gasteiger partial charge is 0.462 e. The van der Waals surface area contributed by atoms with Crippen molar-refractivity contribution in [3.63, 3.8) is 0 Å². The molecule has 246 valence electrons. The molecule has 2 fully saturated rings. The summed E-state index contributed by atoms with van der Waals surface area (Å²) < 4.78 is 95.1. The van der Waals surface area contributed by atoms with Crippen LogP contribution in [0.5, 0.6) is 5.75 Å². The summed E-state index contributed by atoms with van der Waals surface area (Å²) in [6, 6.07) is 6.33. The first kappa shape index (κ1) is 32.8. The monoisotopic (exact) mass is 661 g/mol. The minimum atomic E-state index is -5.67. The van der Waals surface area contributed by atoms with Crippen LogP contribution >= 0.6 is 7.75 Å². The number of alkyl halides is 4. The van der Waals surface area contributed by atoms with E-state index in [-0.39, 0.29) is 34.7 Å². The van der Waals surface area contributed by atoms with Gasteiger partial charge in [0.2, 0.25) is 5.95 Å². The van der Waals surface area contributed by atoms with Crippen molar-refractivity contribution in [1.29, 1.82) is 0 Å². The van der Waals surface area contributed by atoms with Gasteiger partial charge in [-0.2, -0.15) is 28.2 Å². The highest BCUT2D eigenvalue weighted by Gasteiger charge is 2.73. The van der Waals surface area contributed by atoms with Crippen LogP contribution in [0, 0.1) is 0 Å². The topological polar surface area (TPSA) is 185 Å². The predicted octanol–water partition coefficient (Wildman–Crippen LogP) is 3.65. The number of aliphatic hydroxyl groups excluding tert-OH is 1. The Labute approximate surface area is 254 Å². The number of para-hydroxylation sites is 1. The fourth-order valence-corrected chi connectivity index (χ4v) is 6.10. The average Bonchev–Trinajstić information content (AvgIpc) is 3.61. The highest BCUT2D eigenvalue weighted by molar-refractivity contribution is 7.52. The molecular weight excluding hydrogens is 629 g/mol. The molecule has 5 rings (SSSR count). The van der Waals surface area contributed by atoms with E-state index in [1.54, 1.807) is 32.0 Å². The number of esters is 1. The Balaban J connectivity index is 1.43. The molecule has 0 radical (unpaired) electrons. The Morgan fingerprint density at radius 2 is 1.93 bits per heavy atom. The fraction of sp³-hybridized carbons (Fsp3) is 0.538. The molecule has 1 aliphatic carbocycles. The maximum absolute atomic E-state index is 16.2. The van der Waals surface area contributed by atoms with Gasteiger partial charge in [-0.3, -0.25) is 13.9 Å². The van der Waals surface area contributed by atoms with Gasteiger partial charge in [0.15, 0.2) is 23.2 Å². The molecule has 0 bridgehead atoms. The summed E-state index contributed by atoms with van der Waals surface area (Å²) in [5.41, 5.74) is 1.10. The minimum absolute atomic E-state index is 0.00523. The number of carbonyl (C=O) groups excluding carboxylic acids is 1. The van der Waals surface area contributed by atoms with Crippen LogP contribution in [0.15, 0.2) is 36.7 Å². The third-order valence-corrected chi connectivity index (χ3v) is 8.57. The summed E-state index contributed by atoms with van der Waals surface area (Å²) in [5, 5.41) is 16.2. The zero-order chi connectivity index (χ0) is 32.7. The molecule has 1 saturated heterocycles. The number of aliphatic hydroxyl groups is 1. The van der Waals surface area contributed by atoms with Crippen molar-refractivity contribution in [1.82, 2.24) is 24.6 Å². The van der Waals surface area contributed by atoms with Crippen molar-refractivity contribution in [3.8, 4) is 5.75 Å². The highest BCUT2D eigenvalue weighted by Crippen LogP contribution is 2.53. The minimum Gasteiger partial charge on any atom is -0.462 e. The molecular formula is C26H32F4N7O7P. The Hall–Kier alpha value is -3.57. The van der Waals surface area contributed by atoms with Gasteiger partial charge in [-0.1, -0.05) is 18.2 Å². The first-order valence-electron chi connectivity index (χ1n) is 13.9. The molecule has 2 aliphatic rings. The number of rotatable bonds is 12. The second-order valence-electron chi connectivity index (χ2n) is 10.9. The molecule has 19 heteroatoms. The molecule has 1 aliphatic heterocycles. The van der Waals surface area contributed by atoms with Crippen molar-refractivity contribution in [3.05, 3.63) is 36.7 Å². The van der Waals surface area contributed by atoms with E-state index < -0.39 is 62.7 Å². The number of aromatic nitrogens is 4. The quantitative estimate of drug-likeness (QED) is 0.125. The molecule has 1 unspecified atom stereocenters. The molecule has 45 heavy (non-hydrogen) atoms. The van der Waals surface area contributed by atoms with E-state index in [9.17, 15) is 27.6 Å². The number of nitrogen functional groups attached to an aromatic ring is 1. The number of nitrogens with zero attached hydrogens (tertiary/aromatic N) is 4. The van der Waals surface area contributed by atoms with Gasteiger partial charge in [0.1, 0.15) is 24.0 Å². The van der Waals surface area contributed by atoms with E-state index in [2.05, 4.69) is 25.4 Å². The fourth-order valence-electron chi connectivity index (χ4n) is 4.59. The second-order valence-corrected chi connectivity index (χ2v) is 12.6. The van der Waals surface area contributed by atoms with Crippen LogP contribution in [0.25, 0.3) is 11.2 Å². The third-order valence-electron chi connectivity index (χ3n) is 6.92. The number of hydrogen-bond acceptors (Lipinski definition) is 12. The SMILES string of the molecule is CC(C)OC(=O)[C@@H](C)NP(=O)(OC[C@H]1O[C@@H](n2cnc3c(NC4CC4)nc(N)nc32)[C@@](F)(C(F)(F)F)[C@@H]1O)Oc1ccccc1. The van der Waals surface area contributed by atoms with Gasteiger partial charge >= 0.3 is 19.9 Å². The Morgan fingerprint density at radius 3 is 2.56 bits per heavy atom. The highest BCUT2D eigenvalue weighted by atomic mass is 31.2. The van der Waals surface area contributed by atoms with E-state index in [0.717, 1.165) is 19.2 Å². The predicted molar refractivity (Wildman–Crippen MR) is 151 cm³/mol. The van der Waals surface area contributed by atoms with Crippen molar-refractivity contribution < 1.29 is 50.5 Å². The van der Waals surface area contributed by atoms with Gasteiger partial charge in [-0.25, -0.2) is 13.9 Å². The van der Waals surface area contributed by atoms with E-state index in [0.29, 0.717) is 4.57 Å². The lowest BCUT2D eigenvalue weighted by Crippen LogP contribution is -2.54. The van der Waals surface area contributed by atoms with Crippen molar-refractivity contribution in [2.24, 2.45) is 0 Å². The Morgan fingerprint density at radius 1 is 1.24 bits per heavy atom. The molecule has 1 aromatic carbocycles. The zero-order valence-electron chi connectivity index (χ0n) is 24.3. The summed E-state index contributed by atoms with van der Waals surface area (Å²) in [6.07, 6.45) is -11.1. The standard InChI is InChI=1S/C26H32F4N7O7P/c1-13(2)42-22(39)14(3)36-45(40,44-16-7-5-4-6-8-16)41-11-17-19(38)25(27,26(28,29)30)23(43-17)37-12-32-18-20(33-15-9-10-15)34-24(31)35-21(18)37/h4-8,12-15,17,19,23,38H,9-11H2,1-3H3,(H,36,40)(H3,31,33,34,35)/t14-,17-,19-,23-,25-,45?/m1/s1. The Kier molecular flexibility index (Phi) is 8.98. The summed E-state index contributed by atoms with van der Waals surface area (Å²) in [5.74, 6) is -0.996. The molecule has 6 atom stereocenters. The van der Waals surface area contributed by atoms with E-state index in [4.69, 9.17) is 24.3 Å². The second kappa shape index (κ2) is 12.3. The third kappa shape index (κ3) is 6.84. The van der Waals surface area contributed by atoms with Gasteiger partial charge in [0, 0.05) is 6.04 Å². The average molecular weight is 662 g/mol. The van der Waals surface area contributed by atoms with Crippen LogP contribution in [-0.4, -0.2) is 79.4 Å². The van der Waals surface area contributed by atoms with Crippen LogP contribution in [0.2, 0.25) is 0 Å². The Bertz CT molecular complexity index is 1580. The number of fused-ring (bicyclic) bond motifs is 1. The zero-order valence-corrected chi connectivity index (χ0v) is 25.2. The van der Waals surface area contributed by atoms with E-state index >= 15 is 4.39 Å². The van der Waals surface area contributed by atoms with E-state index in [1.165, 1.54) is 19.1 Å². The lowest BCUT2D eigenvalue weighted by Gasteiger charge is -2.31. The number of benzene rings is 1. The van der Waals surface area contributed by atoms with Crippen LogP contribution in [0.4, 0.5) is 29.3 Å². The smallest absolute Gasteiger partial charge is 0.459 e. The number of anilines is 2. The summed E-state index contributed by atoms with van der Waals surface area (Å²) >= 11 is 0. The normalized spacial score (nSPS) is 25.7. The van der Waals surface area contributed by atoms with Gasteiger partial charge in [0.25, 0.3) is 5.67 Å². The van der Waals surface area contributed by atoms with Crippen molar-refractivity contribution >= 4 is 36.6 Å². The molecule has 3 heterocycles. The molecule has 0 spiro atoms. The van der Waals surface area contributed by atoms with Crippen LogP contribution in [-0.2, 0) is 23.4 Å². The number of imidazole rings is 1. The first-order valence-corrected chi connectivity index (χ1v) is 15.5. The lowest BCUT2D eigenvalue weighted by atomic mass is 9.95. The first-order chi connectivity index (χ1) is 21.1. The van der Waals surface area contributed by atoms with Crippen molar-refractivity contribution in [2.45, 2.75) is 82.1 Å². The van der Waals surface area contributed by atoms with Crippen molar-refractivity contribution in [2.75, 3.05) is 17.7 Å². The van der Waals surface area contributed by atoms with Crippen LogP contribution in [0.1, 0.15) is 39.8 Å². The number of carbonyl (C=O) groups is 1. The molecule has 14 nitrogen and oxygen atoms in total. The maximum Gasteiger partial charge on any atom is 0.459 e.